The molecule has 1 aliphatic rings. The molecule has 2 nitrogen and oxygen atoms in total. The molecule has 3 rings (SSSR count). The first kappa shape index (κ1) is 14.6. The number of halogens is 1. The lowest BCUT2D eigenvalue weighted by Crippen LogP contribution is -2.41. The topological polar surface area (TPSA) is 24.9 Å². The van der Waals surface area contributed by atoms with E-state index >= 15 is 0 Å². The molecule has 110 valence electrons. The zero-order valence-corrected chi connectivity index (χ0v) is 13.2. The van der Waals surface area contributed by atoms with E-state index in [1.165, 1.54) is 36.0 Å². The molecule has 21 heavy (non-hydrogen) atoms. The largest absolute Gasteiger partial charge is 0.319 e. The Hall–Kier alpha value is -1.38. The van der Waals surface area contributed by atoms with E-state index in [9.17, 15) is 0 Å². The summed E-state index contributed by atoms with van der Waals surface area (Å²) in [5, 5.41) is 4.17. The molecule has 1 unspecified atom stereocenters. The minimum atomic E-state index is 0.134. The Bertz CT molecular complexity index is 626. The molecule has 3 heteroatoms. The van der Waals surface area contributed by atoms with Crippen LogP contribution in [0.2, 0.25) is 5.02 Å². The van der Waals surface area contributed by atoms with Crippen molar-refractivity contribution in [3.63, 3.8) is 0 Å². The fourth-order valence-corrected chi connectivity index (χ4v) is 3.87. The maximum Gasteiger partial charge on any atom is 0.0621 e. The van der Waals surface area contributed by atoms with Gasteiger partial charge in [-0.15, -0.1) is 0 Å². The van der Waals surface area contributed by atoms with Crippen LogP contribution in [0.1, 0.15) is 29.5 Å². The van der Waals surface area contributed by atoms with Gasteiger partial charge in [-0.05, 0) is 55.5 Å². The standard InChI is InChI=1S/C18H21ClN2/c1-20-13-18(11-15-8-10-21-12-17(15)19)9-4-6-14-5-2-3-7-16(14)18/h2-3,5,7-8,10,12,20H,4,6,9,11,13H2,1H3. The minimum Gasteiger partial charge on any atom is -0.319 e. The summed E-state index contributed by atoms with van der Waals surface area (Å²) >= 11 is 6.35. The number of nitrogens with zero attached hydrogens (tertiary/aromatic N) is 1. The van der Waals surface area contributed by atoms with Gasteiger partial charge in [0.25, 0.3) is 0 Å². The van der Waals surface area contributed by atoms with Crippen molar-refractivity contribution in [1.82, 2.24) is 10.3 Å². The monoisotopic (exact) mass is 300 g/mol. The van der Waals surface area contributed by atoms with Crippen LogP contribution in [-0.2, 0) is 18.3 Å². The highest BCUT2D eigenvalue weighted by Gasteiger charge is 2.36. The maximum absolute atomic E-state index is 6.35. The molecule has 0 saturated carbocycles. The predicted octanol–water partition coefficient (Wildman–Crippen LogP) is 3.77. The summed E-state index contributed by atoms with van der Waals surface area (Å²) in [4.78, 5) is 4.10. The number of aromatic nitrogens is 1. The Labute approximate surface area is 131 Å². The van der Waals surface area contributed by atoms with E-state index in [1.807, 2.05) is 13.2 Å². The highest BCUT2D eigenvalue weighted by atomic mass is 35.5. The summed E-state index contributed by atoms with van der Waals surface area (Å²) in [6, 6.07) is 10.9. The summed E-state index contributed by atoms with van der Waals surface area (Å²) in [7, 11) is 2.03. The molecule has 0 amide bonds. The molecular weight excluding hydrogens is 280 g/mol. The van der Waals surface area contributed by atoms with Crippen LogP contribution in [0.25, 0.3) is 0 Å². The number of benzene rings is 1. The highest BCUT2D eigenvalue weighted by molar-refractivity contribution is 6.31. The van der Waals surface area contributed by atoms with Crippen molar-refractivity contribution in [1.29, 1.82) is 0 Å². The van der Waals surface area contributed by atoms with E-state index in [1.54, 1.807) is 6.20 Å². The fraction of sp³-hybridized carbons (Fsp3) is 0.389. The van der Waals surface area contributed by atoms with E-state index in [0.29, 0.717) is 0 Å². The number of rotatable bonds is 4. The van der Waals surface area contributed by atoms with Crippen molar-refractivity contribution >= 4 is 11.6 Å². The van der Waals surface area contributed by atoms with Crippen molar-refractivity contribution in [3.8, 4) is 0 Å². The quantitative estimate of drug-likeness (QED) is 0.930. The second-order valence-electron chi connectivity index (χ2n) is 5.97. The number of hydrogen-bond acceptors (Lipinski definition) is 2. The van der Waals surface area contributed by atoms with E-state index in [-0.39, 0.29) is 5.41 Å². The molecule has 1 aromatic carbocycles. The van der Waals surface area contributed by atoms with Gasteiger partial charge in [-0.25, -0.2) is 0 Å². The Morgan fingerprint density at radius 3 is 2.95 bits per heavy atom. The SMILES string of the molecule is CNCC1(Cc2ccncc2Cl)CCCc2ccccc21. The molecule has 0 aliphatic heterocycles. The van der Waals surface area contributed by atoms with Gasteiger partial charge in [-0.2, -0.15) is 0 Å². The van der Waals surface area contributed by atoms with Crippen molar-refractivity contribution < 1.29 is 0 Å². The maximum atomic E-state index is 6.35. The molecule has 1 N–H and O–H groups in total. The summed E-state index contributed by atoms with van der Waals surface area (Å²) in [6.07, 6.45) is 8.17. The highest BCUT2D eigenvalue weighted by Crippen LogP contribution is 2.40. The molecule has 0 fully saturated rings. The van der Waals surface area contributed by atoms with Gasteiger partial charge in [0.05, 0.1) is 5.02 Å². The Kier molecular flexibility index (Phi) is 4.27. The van der Waals surface area contributed by atoms with Crippen LogP contribution in [0.4, 0.5) is 0 Å². The molecule has 1 atom stereocenters. The van der Waals surface area contributed by atoms with Crippen LogP contribution < -0.4 is 5.32 Å². The van der Waals surface area contributed by atoms with Crippen molar-refractivity contribution in [2.45, 2.75) is 31.1 Å². The van der Waals surface area contributed by atoms with Gasteiger partial charge in [-0.3, -0.25) is 4.98 Å². The molecule has 0 saturated heterocycles. The normalized spacial score (nSPS) is 21.0. The molecule has 0 radical (unpaired) electrons. The predicted molar refractivity (Wildman–Crippen MR) is 87.9 cm³/mol. The zero-order valence-electron chi connectivity index (χ0n) is 12.4. The van der Waals surface area contributed by atoms with Crippen LogP contribution in [-0.4, -0.2) is 18.6 Å². The van der Waals surface area contributed by atoms with Crippen molar-refractivity contribution in [2.75, 3.05) is 13.6 Å². The summed E-state index contributed by atoms with van der Waals surface area (Å²) < 4.78 is 0. The third kappa shape index (κ3) is 2.83. The van der Waals surface area contributed by atoms with E-state index in [2.05, 4.69) is 40.6 Å². The summed E-state index contributed by atoms with van der Waals surface area (Å²) in [5.74, 6) is 0. The summed E-state index contributed by atoms with van der Waals surface area (Å²) in [6.45, 7) is 0.975. The number of aryl methyl sites for hydroxylation is 1. The number of likely N-dealkylation sites (N-methyl/N-ethyl adjacent to an activating group) is 1. The lowest BCUT2D eigenvalue weighted by molar-refractivity contribution is 0.345. The van der Waals surface area contributed by atoms with Gasteiger partial charge in [0.1, 0.15) is 0 Å². The average Bonchev–Trinajstić information content (AvgIpc) is 2.50. The second kappa shape index (κ2) is 6.17. The number of pyridine rings is 1. The van der Waals surface area contributed by atoms with Gasteiger partial charge in [0, 0.05) is 24.4 Å². The Balaban J connectivity index is 2.03. The van der Waals surface area contributed by atoms with E-state index in [4.69, 9.17) is 11.6 Å². The van der Waals surface area contributed by atoms with Crippen LogP contribution >= 0.6 is 11.6 Å². The van der Waals surface area contributed by atoms with Gasteiger partial charge in [0.15, 0.2) is 0 Å². The summed E-state index contributed by atoms with van der Waals surface area (Å²) in [5.41, 5.74) is 4.30. The Morgan fingerprint density at radius 1 is 1.29 bits per heavy atom. The smallest absolute Gasteiger partial charge is 0.0621 e. The van der Waals surface area contributed by atoms with Gasteiger partial charge >= 0.3 is 0 Å². The molecule has 2 aromatic rings. The lowest BCUT2D eigenvalue weighted by Gasteiger charge is -2.39. The van der Waals surface area contributed by atoms with Gasteiger partial charge < -0.3 is 5.32 Å². The van der Waals surface area contributed by atoms with Crippen LogP contribution in [0, 0.1) is 0 Å². The first-order chi connectivity index (χ1) is 10.2. The molecule has 1 aromatic heterocycles. The Morgan fingerprint density at radius 2 is 2.14 bits per heavy atom. The number of hydrogen-bond donors (Lipinski definition) is 1. The third-order valence-corrected chi connectivity index (χ3v) is 4.93. The van der Waals surface area contributed by atoms with Crippen molar-refractivity contribution in [2.24, 2.45) is 0 Å². The van der Waals surface area contributed by atoms with Gasteiger partial charge in [-0.1, -0.05) is 35.9 Å². The number of fused-ring (bicyclic) bond motifs is 1. The zero-order chi connectivity index (χ0) is 14.7. The molecule has 0 spiro atoms. The molecule has 1 heterocycles. The van der Waals surface area contributed by atoms with E-state index < -0.39 is 0 Å². The molecule has 0 bridgehead atoms. The van der Waals surface area contributed by atoms with E-state index in [0.717, 1.165) is 18.0 Å². The fourth-order valence-electron chi connectivity index (χ4n) is 3.69. The molecular formula is C18H21ClN2. The van der Waals surface area contributed by atoms with Gasteiger partial charge in [0.2, 0.25) is 0 Å². The third-order valence-electron chi connectivity index (χ3n) is 4.59. The minimum absolute atomic E-state index is 0.134. The molecule has 1 aliphatic carbocycles. The van der Waals surface area contributed by atoms with Crippen molar-refractivity contribution in [3.05, 3.63) is 64.4 Å². The lowest BCUT2D eigenvalue weighted by atomic mass is 9.67. The van der Waals surface area contributed by atoms with Crippen LogP contribution in [0.3, 0.4) is 0 Å². The first-order valence-corrected chi connectivity index (χ1v) is 7.94. The first-order valence-electron chi connectivity index (χ1n) is 7.56. The van der Waals surface area contributed by atoms with Crippen LogP contribution in [0.15, 0.2) is 42.7 Å². The van der Waals surface area contributed by atoms with Crippen LogP contribution in [0.5, 0.6) is 0 Å². The number of nitrogens with one attached hydrogen (secondary N) is 1. The second-order valence-corrected chi connectivity index (χ2v) is 6.37. The average molecular weight is 301 g/mol.